The standard InChI is InChI=1S/C23H30N4O3/c1-16(2)22(29)26(14-13-17-9-5-3-6-10-17)19-20(24)27(23(30)25-21(19)28)15-18-11-7-4-8-12-18/h4,7-9,11-12,16H,3,5-6,10,13-15,24H2,1-2H3,(H,25,28,30). The van der Waals surface area contributed by atoms with Crippen molar-refractivity contribution in [1.29, 1.82) is 0 Å². The van der Waals surface area contributed by atoms with Gasteiger partial charge in [-0.2, -0.15) is 0 Å². The van der Waals surface area contributed by atoms with Gasteiger partial charge in [-0.15, -0.1) is 0 Å². The molecule has 2 aromatic rings. The summed E-state index contributed by atoms with van der Waals surface area (Å²) in [6.45, 7) is 4.16. The molecule has 3 rings (SSSR count). The number of carbonyl (C=O) groups excluding carboxylic acids is 1. The molecule has 160 valence electrons. The van der Waals surface area contributed by atoms with E-state index in [2.05, 4.69) is 11.1 Å². The second-order valence-electron chi connectivity index (χ2n) is 8.07. The highest BCUT2D eigenvalue weighted by molar-refractivity contribution is 5.96. The Morgan fingerprint density at radius 3 is 2.57 bits per heavy atom. The fraction of sp³-hybridized carbons (Fsp3) is 0.435. The second kappa shape index (κ2) is 9.61. The van der Waals surface area contributed by atoms with Gasteiger partial charge in [0.2, 0.25) is 5.91 Å². The number of nitrogen functional groups attached to an aromatic ring is 1. The van der Waals surface area contributed by atoms with E-state index in [0.717, 1.165) is 24.8 Å². The van der Waals surface area contributed by atoms with Crippen molar-refractivity contribution in [2.45, 2.75) is 52.5 Å². The zero-order chi connectivity index (χ0) is 21.7. The molecule has 0 radical (unpaired) electrons. The van der Waals surface area contributed by atoms with Crippen molar-refractivity contribution in [2.24, 2.45) is 5.92 Å². The first-order chi connectivity index (χ1) is 14.4. The van der Waals surface area contributed by atoms with Crippen molar-refractivity contribution >= 4 is 17.4 Å². The molecule has 0 atom stereocenters. The number of aromatic amines is 1. The van der Waals surface area contributed by atoms with Crippen LogP contribution in [-0.4, -0.2) is 22.0 Å². The molecule has 1 aromatic carbocycles. The van der Waals surface area contributed by atoms with Gasteiger partial charge in [0.15, 0.2) is 5.69 Å². The first-order valence-electron chi connectivity index (χ1n) is 10.5. The lowest BCUT2D eigenvalue weighted by atomic mass is 9.97. The molecule has 0 unspecified atom stereocenters. The molecule has 30 heavy (non-hydrogen) atoms. The number of rotatable bonds is 7. The Morgan fingerprint density at radius 2 is 1.93 bits per heavy atom. The van der Waals surface area contributed by atoms with E-state index in [9.17, 15) is 14.4 Å². The van der Waals surface area contributed by atoms with Crippen molar-refractivity contribution in [2.75, 3.05) is 17.2 Å². The van der Waals surface area contributed by atoms with E-state index in [1.165, 1.54) is 21.5 Å². The van der Waals surface area contributed by atoms with Crippen LogP contribution in [0.2, 0.25) is 0 Å². The van der Waals surface area contributed by atoms with Crippen LogP contribution in [-0.2, 0) is 11.3 Å². The summed E-state index contributed by atoms with van der Waals surface area (Å²) in [5.41, 5.74) is 7.33. The normalized spacial score (nSPS) is 13.9. The molecule has 3 N–H and O–H groups in total. The Bertz CT molecular complexity index is 1030. The summed E-state index contributed by atoms with van der Waals surface area (Å²) < 4.78 is 1.31. The minimum absolute atomic E-state index is 0.0132. The minimum Gasteiger partial charge on any atom is -0.383 e. The van der Waals surface area contributed by atoms with Crippen molar-refractivity contribution in [3.63, 3.8) is 0 Å². The highest BCUT2D eigenvalue weighted by atomic mass is 16.2. The summed E-state index contributed by atoms with van der Waals surface area (Å²) in [6.07, 6.45) is 7.33. The number of carbonyl (C=O) groups is 1. The highest BCUT2D eigenvalue weighted by Crippen LogP contribution is 2.24. The van der Waals surface area contributed by atoms with Gasteiger partial charge in [-0.1, -0.05) is 55.8 Å². The van der Waals surface area contributed by atoms with Crippen LogP contribution in [0.1, 0.15) is 51.5 Å². The van der Waals surface area contributed by atoms with Crippen LogP contribution >= 0.6 is 0 Å². The molecule has 1 heterocycles. The van der Waals surface area contributed by atoms with Gasteiger partial charge in [-0.25, -0.2) is 4.79 Å². The van der Waals surface area contributed by atoms with Crippen molar-refractivity contribution in [3.8, 4) is 0 Å². The smallest absolute Gasteiger partial charge is 0.330 e. The van der Waals surface area contributed by atoms with E-state index in [1.54, 1.807) is 13.8 Å². The predicted octanol–water partition coefficient (Wildman–Crippen LogP) is 3.05. The van der Waals surface area contributed by atoms with Gasteiger partial charge in [0.25, 0.3) is 5.56 Å². The lowest BCUT2D eigenvalue weighted by molar-refractivity contribution is -0.121. The van der Waals surface area contributed by atoms with E-state index in [1.807, 2.05) is 30.3 Å². The van der Waals surface area contributed by atoms with Crippen LogP contribution in [0.25, 0.3) is 0 Å². The molecule has 0 saturated carbocycles. The third-order valence-corrected chi connectivity index (χ3v) is 5.47. The van der Waals surface area contributed by atoms with Gasteiger partial charge in [0.1, 0.15) is 5.82 Å². The summed E-state index contributed by atoms with van der Waals surface area (Å²) in [5, 5.41) is 0. The van der Waals surface area contributed by atoms with Crippen LogP contribution in [0.5, 0.6) is 0 Å². The number of benzene rings is 1. The number of nitrogens with zero attached hydrogens (tertiary/aromatic N) is 2. The maximum absolute atomic E-state index is 13.0. The molecule has 7 nitrogen and oxygen atoms in total. The molecular formula is C23H30N4O3. The van der Waals surface area contributed by atoms with E-state index in [0.29, 0.717) is 13.0 Å². The fourth-order valence-electron chi connectivity index (χ4n) is 3.79. The molecule has 0 bridgehead atoms. The van der Waals surface area contributed by atoms with Crippen LogP contribution in [0.15, 0.2) is 51.6 Å². The lowest BCUT2D eigenvalue weighted by Gasteiger charge is -2.27. The Kier molecular flexibility index (Phi) is 6.92. The third-order valence-electron chi connectivity index (χ3n) is 5.47. The lowest BCUT2D eigenvalue weighted by Crippen LogP contribution is -2.43. The topological polar surface area (TPSA) is 101 Å². The van der Waals surface area contributed by atoms with Crippen molar-refractivity contribution in [3.05, 3.63) is 68.4 Å². The number of allylic oxidation sites excluding steroid dienone is 1. The van der Waals surface area contributed by atoms with Gasteiger partial charge < -0.3 is 10.6 Å². The number of H-pyrrole nitrogens is 1. The average Bonchev–Trinajstić information content (AvgIpc) is 2.74. The van der Waals surface area contributed by atoms with Gasteiger partial charge in [-0.3, -0.25) is 19.1 Å². The van der Waals surface area contributed by atoms with Crippen molar-refractivity contribution in [1.82, 2.24) is 9.55 Å². The van der Waals surface area contributed by atoms with Gasteiger partial charge in [-0.05, 0) is 37.7 Å². The minimum atomic E-state index is -0.631. The van der Waals surface area contributed by atoms with Crippen LogP contribution in [0.4, 0.5) is 11.5 Å². The molecule has 0 saturated heterocycles. The summed E-state index contributed by atoms with van der Waals surface area (Å²) in [7, 11) is 0. The molecule has 0 fully saturated rings. The molecule has 1 aliphatic carbocycles. The highest BCUT2D eigenvalue weighted by Gasteiger charge is 2.26. The maximum atomic E-state index is 13.0. The molecule has 0 aliphatic heterocycles. The number of hydrogen-bond donors (Lipinski definition) is 2. The summed E-state index contributed by atoms with van der Waals surface area (Å²) in [4.78, 5) is 42.0. The molecule has 0 spiro atoms. The zero-order valence-corrected chi connectivity index (χ0v) is 17.7. The van der Waals surface area contributed by atoms with Gasteiger partial charge >= 0.3 is 5.69 Å². The van der Waals surface area contributed by atoms with Crippen LogP contribution in [0.3, 0.4) is 0 Å². The van der Waals surface area contributed by atoms with E-state index in [-0.39, 0.29) is 29.9 Å². The van der Waals surface area contributed by atoms with Crippen LogP contribution < -0.4 is 21.9 Å². The molecule has 1 aliphatic rings. The summed E-state index contributed by atoms with van der Waals surface area (Å²) >= 11 is 0. The quantitative estimate of drug-likeness (QED) is 0.685. The first kappa shape index (κ1) is 21.6. The average molecular weight is 411 g/mol. The van der Waals surface area contributed by atoms with Crippen molar-refractivity contribution < 1.29 is 4.79 Å². The van der Waals surface area contributed by atoms with E-state index in [4.69, 9.17) is 5.73 Å². The summed E-state index contributed by atoms with van der Waals surface area (Å²) in [5.74, 6) is -0.480. The van der Waals surface area contributed by atoms with E-state index >= 15 is 0 Å². The molecule has 7 heteroatoms. The molecule has 1 aromatic heterocycles. The molecular weight excluding hydrogens is 380 g/mol. The third kappa shape index (κ3) is 4.90. The number of nitrogens with one attached hydrogen (secondary N) is 1. The number of hydrogen-bond acceptors (Lipinski definition) is 4. The Balaban J connectivity index is 2.00. The van der Waals surface area contributed by atoms with Crippen LogP contribution in [0, 0.1) is 5.92 Å². The zero-order valence-electron chi connectivity index (χ0n) is 17.7. The number of amides is 1. The first-order valence-corrected chi connectivity index (χ1v) is 10.5. The largest absolute Gasteiger partial charge is 0.383 e. The van der Waals surface area contributed by atoms with Gasteiger partial charge in [0, 0.05) is 12.5 Å². The Hall–Kier alpha value is -3.09. The fourth-order valence-corrected chi connectivity index (χ4v) is 3.79. The maximum Gasteiger partial charge on any atom is 0.330 e. The summed E-state index contributed by atoms with van der Waals surface area (Å²) in [6, 6.07) is 9.38. The number of aromatic nitrogens is 2. The Labute approximate surface area is 176 Å². The predicted molar refractivity (Wildman–Crippen MR) is 120 cm³/mol. The number of nitrogens with two attached hydrogens (primary N) is 1. The number of anilines is 2. The SMILES string of the molecule is CC(C)C(=O)N(CCC1=CCCCC1)c1c(N)n(Cc2ccccc2)c(=O)[nH]c1=O. The Morgan fingerprint density at radius 1 is 1.20 bits per heavy atom. The molecule has 1 amide bonds. The van der Waals surface area contributed by atoms with Gasteiger partial charge in [0.05, 0.1) is 6.54 Å². The monoisotopic (exact) mass is 410 g/mol. The van der Waals surface area contributed by atoms with E-state index < -0.39 is 11.2 Å². The second-order valence-corrected chi connectivity index (χ2v) is 8.07.